The van der Waals surface area contributed by atoms with Gasteiger partial charge in [-0.05, 0) is 25.5 Å². The first-order valence-electron chi connectivity index (χ1n) is 5.38. The van der Waals surface area contributed by atoms with Crippen molar-refractivity contribution in [2.24, 2.45) is 5.92 Å². The van der Waals surface area contributed by atoms with Gasteiger partial charge in [0.05, 0.1) is 5.92 Å². The molecule has 2 aliphatic heterocycles. The first-order valence-corrected chi connectivity index (χ1v) is 5.38. The molecule has 1 N–H and O–H groups in total. The first-order chi connectivity index (χ1) is 7.16. The minimum Gasteiger partial charge on any atom is -0.302 e. The van der Waals surface area contributed by atoms with Crippen LogP contribution in [0.25, 0.3) is 0 Å². The number of piperidine rings is 1. The van der Waals surface area contributed by atoms with Gasteiger partial charge in [-0.3, -0.25) is 14.9 Å². The monoisotopic (exact) mass is 208 g/mol. The molecule has 0 radical (unpaired) electrons. The van der Waals surface area contributed by atoms with Crippen LogP contribution in [-0.4, -0.2) is 36.9 Å². The highest BCUT2D eigenvalue weighted by Gasteiger charge is 2.30. The molecule has 15 heavy (non-hydrogen) atoms. The largest absolute Gasteiger partial charge is 0.302 e. The van der Waals surface area contributed by atoms with Gasteiger partial charge in [0.25, 0.3) is 0 Å². The summed E-state index contributed by atoms with van der Waals surface area (Å²) in [5.74, 6) is -0.334. The molecule has 82 valence electrons. The topological polar surface area (TPSA) is 49.4 Å². The van der Waals surface area contributed by atoms with Crippen LogP contribution in [0.4, 0.5) is 0 Å². The minimum absolute atomic E-state index is 0.0783. The fourth-order valence-electron chi connectivity index (χ4n) is 2.23. The van der Waals surface area contributed by atoms with Crippen molar-refractivity contribution in [3.63, 3.8) is 0 Å². The molecule has 0 aliphatic carbocycles. The Bertz CT molecular complexity index is 323. The van der Waals surface area contributed by atoms with E-state index in [-0.39, 0.29) is 17.7 Å². The molecule has 0 bridgehead atoms. The van der Waals surface area contributed by atoms with Gasteiger partial charge in [-0.1, -0.05) is 6.08 Å². The van der Waals surface area contributed by atoms with Gasteiger partial charge in [-0.15, -0.1) is 0 Å². The number of amides is 2. The summed E-state index contributed by atoms with van der Waals surface area (Å²) in [6.45, 7) is 1.91. The lowest BCUT2D eigenvalue weighted by Crippen LogP contribution is -2.43. The van der Waals surface area contributed by atoms with E-state index in [0.717, 1.165) is 19.5 Å². The molecule has 0 aromatic carbocycles. The predicted octanol–water partition coefficient (Wildman–Crippen LogP) is 0.301. The maximum atomic E-state index is 11.6. The fourth-order valence-corrected chi connectivity index (χ4v) is 2.23. The minimum atomic E-state index is -0.138. The molecule has 1 saturated heterocycles. The number of carbonyl (C=O) groups excluding carboxylic acids is 2. The van der Waals surface area contributed by atoms with Crippen molar-refractivity contribution in [2.75, 3.05) is 20.1 Å². The molecule has 0 saturated carbocycles. The Kier molecular flexibility index (Phi) is 2.86. The number of imide groups is 1. The summed E-state index contributed by atoms with van der Waals surface area (Å²) in [6.07, 6.45) is 4.30. The van der Waals surface area contributed by atoms with Crippen LogP contribution in [0.5, 0.6) is 0 Å². The number of carbonyl (C=O) groups is 2. The van der Waals surface area contributed by atoms with Gasteiger partial charge in [0.1, 0.15) is 0 Å². The Labute approximate surface area is 89.3 Å². The molecule has 0 aromatic heterocycles. The molecule has 0 aromatic rings. The molecule has 2 rings (SSSR count). The fraction of sp³-hybridized carbons (Fsp3) is 0.636. The van der Waals surface area contributed by atoms with Gasteiger partial charge in [0.15, 0.2) is 0 Å². The van der Waals surface area contributed by atoms with E-state index in [2.05, 4.69) is 23.3 Å². The third kappa shape index (κ3) is 2.26. The second-order valence-electron chi connectivity index (χ2n) is 4.31. The van der Waals surface area contributed by atoms with Crippen molar-refractivity contribution < 1.29 is 9.59 Å². The van der Waals surface area contributed by atoms with Crippen LogP contribution in [-0.2, 0) is 9.59 Å². The predicted molar refractivity (Wildman–Crippen MR) is 56.1 cm³/mol. The molecule has 4 heteroatoms. The first kappa shape index (κ1) is 10.4. The number of hydrogen-bond acceptors (Lipinski definition) is 3. The van der Waals surface area contributed by atoms with Gasteiger partial charge in [-0.25, -0.2) is 0 Å². The number of rotatable bonds is 1. The third-order valence-corrected chi connectivity index (χ3v) is 3.06. The molecule has 4 nitrogen and oxygen atoms in total. The van der Waals surface area contributed by atoms with Crippen molar-refractivity contribution in [1.82, 2.24) is 10.2 Å². The van der Waals surface area contributed by atoms with Crippen LogP contribution >= 0.6 is 0 Å². The number of nitrogens with one attached hydrogen (secondary N) is 1. The van der Waals surface area contributed by atoms with Crippen molar-refractivity contribution in [1.29, 1.82) is 0 Å². The summed E-state index contributed by atoms with van der Waals surface area (Å²) in [6, 6.07) is 0. The van der Waals surface area contributed by atoms with Crippen LogP contribution < -0.4 is 5.32 Å². The third-order valence-electron chi connectivity index (χ3n) is 3.06. The molecule has 2 aliphatic rings. The van der Waals surface area contributed by atoms with E-state index in [1.165, 1.54) is 5.57 Å². The summed E-state index contributed by atoms with van der Waals surface area (Å²) in [7, 11) is 2.05. The highest BCUT2D eigenvalue weighted by molar-refractivity contribution is 5.99. The summed E-state index contributed by atoms with van der Waals surface area (Å²) < 4.78 is 0. The quantitative estimate of drug-likeness (QED) is 0.498. The van der Waals surface area contributed by atoms with E-state index in [1.54, 1.807) is 0 Å². The number of likely N-dealkylation sites (N-methyl/N-ethyl adjacent to an activating group) is 1. The lowest BCUT2D eigenvalue weighted by molar-refractivity contribution is -0.135. The molecule has 1 fully saturated rings. The standard InChI is InChI=1S/C11H16N2O2/c1-13-6-2-3-8(7-13)9-4-5-10(14)12-11(9)15/h3,9H,2,4-7H2,1H3,(H,12,14,15). The van der Waals surface area contributed by atoms with E-state index in [4.69, 9.17) is 0 Å². The normalized spacial score (nSPS) is 28.6. The maximum absolute atomic E-state index is 11.6. The van der Waals surface area contributed by atoms with Crippen molar-refractivity contribution in [3.8, 4) is 0 Å². The zero-order valence-corrected chi connectivity index (χ0v) is 8.95. The van der Waals surface area contributed by atoms with Crippen molar-refractivity contribution in [3.05, 3.63) is 11.6 Å². The van der Waals surface area contributed by atoms with Gasteiger partial charge >= 0.3 is 0 Å². The van der Waals surface area contributed by atoms with Crippen molar-refractivity contribution >= 4 is 11.8 Å². The summed E-state index contributed by atoms with van der Waals surface area (Å²) in [4.78, 5) is 24.8. The van der Waals surface area contributed by atoms with E-state index in [9.17, 15) is 9.59 Å². The lowest BCUT2D eigenvalue weighted by Gasteiger charge is -2.29. The van der Waals surface area contributed by atoms with Gasteiger partial charge in [0, 0.05) is 19.5 Å². The van der Waals surface area contributed by atoms with Crippen LogP contribution in [0.3, 0.4) is 0 Å². The summed E-state index contributed by atoms with van der Waals surface area (Å²) in [5, 5.41) is 2.40. The van der Waals surface area contributed by atoms with Crippen molar-refractivity contribution in [2.45, 2.75) is 19.3 Å². The smallest absolute Gasteiger partial charge is 0.233 e. The highest BCUT2D eigenvalue weighted by atomic mass is 16.2. The second kappa shape index (κ2) is 4.14. The molecule has 2 heterocycles. The average molecular weight is 208 g/mol. The average Bonchev–Trinajstić information content (AvgIpc) is 2.17. The van der Waals surface area contributed by atoms with E-state index < -0.39 is 0 Å². The molecular weight excluding hydrogens is 192 g/mol. The Morgan fingerprint density at radius 1 is 1.47 bits per heavy atom. The Hall–Kier alpha value is -1.16. The zero-order valence-electron chi connectivity index (χ0n) is 8.95. The summed E-state index contributed by atoms with van der Waals surface area (Å²) >= 11 is 0. The van der Waals surface area contributed by atoms with Gasteiger partial charge in [0.2, 0.25) is 11.8 Å². The van der Waals surface area contributed by atoms with E-state index in [1.807, 2.05) is 0 Å². The molecular formula is C11H16N2O2. The van der Waals surface area contributed by atoms with Gasteiger partial charge < -0.3 is 4.90 Å². The SMILES string of the molecule is CN1CCC=C(C2CCC(=O)NC2=O)C1. The molecule has 0 spiro atoms. The molecule has 2 amide bonds. The zero-order chi connectivity index (χ0) is 10.8. The second-order valence-corrected chi connectivity index (χ2v) is 4.31. The van der Waals surface area contributed by atoms with Crippen LogP contribution in [0, 0.1) is 5.92 Å². The number of hydrogen-bond donors (Lipinski definition) is 1. The lowest BCUT2D eigenvalue weighted by atomic mass is 9.88. The van der Waals surface area contributed by atoms with E-state index in [0.29, 0.717) is 12.8 Å². The Balaban J connectivity index is 2.07. The van der Waals surface area contributed by atoms with Gasteiger partial charge in [-0.2, -0.15) is 0 Å². The molecule has 1 atom stereocenters. The number of nitrogens with zero attached hydrogens (tertiary/aromatic N) is 1. The highest BCUT2D eigenvalue weighted by Crippen LogP contribution is 2.24. The summed E-state index contributed by atoms with van der Waals surface area (Å²) in [5.41, 5.74) is 1.17. The maximum Gasteiger partial charge on any atom is 0.233 e. The Morgan fingerprint density at radius 3 is 2.93 bits per heavy atom. The van der Waals surface area contributed by atoms with Crippen LogP contribution in [0.15, 0.2) is 11.6 Å². The van der Waals surface area contributed by atoms with E-state index >= 15 is 0 Å². The molecule has 1 unspecified atom stereocenters. The van der Waals surface area contributed by atoms with Crippen LogP contribution in [0.1, 0.15) is 19.3 Å². The Morgan fingerprint density at radius 2 is 2.27 bits per heavy atom. The van der Waals surface area contributed by atoms with Crippen LogP contribution in [0.2, 0.25) is 0 Å².